The number of sulfone groups is 1. The summed E-state index contributed by atoms with van der Waals surface area (Å²) in [5.74, 6) is -1.22. The van der Waals surface area contributed by atoms with Gasteiger partial charge >= 0.3 is 5.97 Å². The van der Waals surface area contributed by atoms with Gasteiger partial charge < -0.3 is 5.11 Å². The SMILES string of the molecule is Cc1ccc(S(=O)(=O)Nc2nc3ccc(S(C)(=O)=O)cc3s2)cc1C(=O)O. The fraction of sp³-hybridized carbons (Fsp3) is 0.125. The summed E-state index contributed by atoms with van der Waals surface area (Å²) in [7, 11) is -7.45. The molecule has 3 aromatic rings. The monoisotopic (exact) mass is 426 g/mol. The van der Waals surface area contributed by atoms with Crippen molar-refractivity contribution in [2.75, 3.05) is 11.0 Å². The maximum absolute atomic E-state index is 12.6. The Hall–Kier alpha value is -2.50. The van der Waals surface area contributed by atoms with Crippen molar-refractivity contribution in [3.63, 3.8) is 0 Å². The van der Waals surface area contributed by atoms with Crippen LogP contribution in [0, 0.1) is 6.92 Å². The third-order valence-corrected chi connectivity index (χ3v) is 7.27. The van der Waals surface area contributed by atoms with E-state index in [0.717, 1.165) is 23.7 Å². The highest BCUT2D eigenvalue weighted by Gasteiger charge is 2.20. The summed E-state index contributed by atoms with van der Waals surface area (Å²) in [6.07, 6.45) is 1.08. The molecule has 0 spiro atoms. The van der Waals surface area contributed by atoms with Crippen LogP contribution in [0.2, 0.25) is 0 Å². The molecule has 0 aliphatic carbocycles. The number of rotatable bonds is 5. The second-order valence-electron chi connectivity index (χ2n) is 5.81. The highest BCUT2D eigenvalue weighted by molar-refractivity contribution is 7.93. The van der Waals surface area contributed by atoms with Crippen LogP contribution in [0.3, 0.4) is 0 Å². The number of carboxylic acid groups (broad SMARTS) is 1. The third-order valence-electron chi connectivity index (χ3n) is 3.76. The van der Waals surface area contributed by atoms with E-state index in [1.165, 1.54) is 30.3 Å². The summed E-state index contributed by atoms with van der Waals surface area (Å²) < 4.78 is 51.2. The number of nitrogens with zero attached hydrogens (tertiary/aromatic N) is 1. The lowest BCUT2D eigenvalue weighted by atomic mass is 10.1. The first-order valence-corrected chi connectivity index (χ1v) is 11.6. The number of aromatic carboxylic acids is 1. The number of thiazole rings is 1. The van der Waals surface area contributed by atoms with Crippen LogP contribution in [-0.4, -0.2) is 39.2 Å². The number of carboxylic acids is 1. The molecule has 0 saturated carbocycles. The maximum Gasteiger partial charge on any atom is 0.335 e. The zero-order chi connectivity index (χ0) is 20.0. The first-order valence-electron chi connectivity index (χ1n) is 7.45. The number of aryl methyl sites for hydroxylation is 1. The molecule has 0 aliphatic heterocycles. The molecule has 8 nitrogen and oxygen atoms in total. The zero-order valence-electron chi connectivity index (χ0n) is 14.1. The second-order valence-corrected chi connectivity index (χ2v) is 10.5. The molecule has 1 heterocycles. The average molecular weight is 426 g/mol. The molecule has 0 atom stereocenters. The molecule has 2 aromatic carbocycles. The Balaban J connectivity index is 1.99. The highest BCUT2D eigenvalue weighted by atomic mass is 32.2. The molecule has 11 heteroatoms. The first-order chi connectivity index (χ1) is 12.5. The molecule has 0 bridgehead atoms. The van der Waals surface area contributed by atoms with Gasteiger partial charge in [-0.15, -0.1) is 0 Å². The van der Waals surface area contributed by atoms with Crippen molar-refractivity contribution in [3.8, 4) is 0 Å². The first kappa shape index (κ1) is 19.3. The number of carbonyl (C=O) groups is 1. The van der Waals surface area contributed by atoms with Crippen LogP contribution in [0.15, 0.2) is 46.2 Å². The molecule has 1 aromatic heterocycles. The molecule has 0 aliphatic rings. The molecular formula is C16H14N2O6S3. The van der Waals surface area contributed by atoms with E-state index < -0.39 is 25.8 Å². The van der Waals surface area contributed by atoms with Crippen LogP contribution in [-0.2, 0) is 19.9 Å². The van der Waals surface area contributed by atoms with E-state index >= 15 is 0 Å². The lowest BCUT2D eigenvalue weighted by Gasteiger charge is -2.07. The minimum absolute atomic E-state index is 0.0492. The van der Waals surface area contributed by atoms with Crippen LogP contribution in [0.5, 0.6) is 0 Å². The lowest BCUT2D eigenvalue weighted by Crippen LogP contribution is -2.14. The Labute approximate surface area is 159 Å². The van der Waals surface area contributed by atoms with Crippen molar-refractivity contribution in [1.82, 2.24) is 4.98 Å². The molecule has 0 fully saturated rings. The van der Waals surface area contributed by atoms with Crippen molar-refractivity contribution in [2.24, 2.45) is 0 Å². The molecule has 0 unspecified atom stereocenters. The van der Waals surface area contributed by atoms with E-state index in [1.54, 1.807) is 6.92 Å². The van der Waals surface area contributed by atoms with Crippen LogP contribution < -0.4 is 4.72 Å². The topological polar surface area (TPSA) is 130 Å². The number of sulfonamides is 1. The Kier molecular flexibility index (Phi) is 4.70. The molecular weight excluding hydrogens is 412 g/mol. The van der Waals surface area contributed by atoms with Gasteiger partial charge in [0.05, 0.1) is 25.6 Å². The molecule has 0 amide bonds. The number of nitrogens with one attached hydrogen (secondary N) is 1. The molecule has 27 heavy (non-hydrogen) atoms. The average Bonchev–Trinajstić information content (AvgIpc) is 2.94. The molecule has 0 saturated heterocycles. The smallest absolute Gasteiger partial charge is 0.335 e. The fourth-order valence-corrected chi connectivity index (χ4v) is 5.24. The third kappa shape index (κ3) is 3.94. The molecule has 142 valence electrons. The van der Waals surface area contributed by atoms with Gasteiger partial charge in [0.2, 0.25) is 0 Å². The van der Waals surface area contributed by atoms with Crippen LogP contribution in [0.25, 0.3) is 10.2 Å². The number of hydrogen-bond donors (Lipinski definition) is 2. The Bertz CT molecular complexity index is 1280. The van der Waals surface area contributed by atoms with Crippen molar-refractivity contribution in [2.45, 2.75) is 16.7 Å². The minimum Gasteiger partial charge on any atom is -0.478 e. The summed E-state index contributed by atoms with van der Waals surface area (Å²) in [5, 5.41) is 9.21. The van der Waals surface area contributed by atoms with Gasteiger partial charge in [-0.3, -0.25) is 4.72 Å². The number of hydrogen-bond acceptors (Lipinski definition) is 7. The van der Waals surface area contributed by atoms with E-state index in [2.05, 4.69) is 9.71 Å². The molecule has 3 rings (SSSR count). The number of fused-ring (bicyclic) bond motifs is 1. The maximum atomic E-state index is 12.6. The van der Waals surface area contributed by atoms with Gasteiger partial charge in [0.25, 0.3) is 10.0 Å². The van der Waals surface area contributed by atoms with Gasteiger partial charge in [0, 0.05) is 6.26 Å². The van der Waals surface area contributed by atoms with Crippen molar-refractivity contribution in [3.05, 3.63) is 47.5 Å². The van der Waals surface area contributed by atoms with E-state index in [0.29, 0.717) is 15.8 Å². The van der Waals surface area contributed by atoms with E-state index in [1.807, 2.05) is 0 Å². The van der Waals surface area contributed by atoms with Crippen molar-refractivity contribution in [1.29, 1.82) is 0 Å². The standard InChI is InChI=1S/C16H14N2O6S3/c1-9-3-4-11(7-12(9)15(19)20)27(23,24)18-16-17-13-6-5-10(26(2,21)22)8-14(13)25-16/h3-8H,1-2H3,(H,17,18)(H,19,20). The van der Waals surface area contributed by atoms with Gasteiger partial charge in [-0.05, 0) is 42.8 Å². The molecule has 2 N–H and O–H groups in total. The van der Waals surface area contributed by atoms with Crippen LogP contribution in [0.4, 0.5) is 5.13 Å². The van der Waals surface area contributed by atoms with Crippen LogP contribution in [0.1, 0.15) is 15.9 Å². The van der Waals surface area contributed by atoms with E-state index in [9.17, 15) is 21.6 Å². The van der Waals surface area contributed by atoms with Crippen molar-refractivity contribution < 1.29 is 26.7 Å². The zero-order valence-corrected chi connectivity index (χ0v) is 16.6. The number of benzene rings is 2. The largest absolute Gasteiger partial charge is 0.478 e. The number of anilines is 1. The van der Waals surface area contributed by atoms with Gasteiger partial charge in [-0.2, -0.15) is 0 Å². The second kappa shape index (κ2) is 6.59. The predicted octanol–water partition coefficient (Wildman–Crippen LogP) is 2.51. The lowest BCUT2D eigenvalue weighted by molar-refractivity contribution is 0.0696. The normalized spacial score (nSPS) is 12.2. The van der Waals surface area contributed by atoms with Gasteiger partial charge in [0.1, 0.15) is 0 Å². The summed E-state index contributed by atoms with van der Waals surface area (Å²) in [5.41, 5.74) is 0.773. The van der Waals surface area contributed by atoms with Gasteiger partial charge in [0.15, 0.2) is 15.0 Å². The summed E-state index contributed by atoms with van der Waals surface area (Å²) in [6, 6.07) is 8.11. The minimum atomic E-state index is -4.06. The Morgan fingerprint density at radius 1 is 1.07 bits per heavy atom. The Morgan fingerprint density at radius 3 is 2.37 bits per heavy atom. The molecule has 0 radical (unpaired) electrons. The Morgan fingerprint density at radius 2 is 1.74 bits per heavy atom. The quantitative estimate of drug-likeness (QED) is 0.641. The van der Waals surface area contributed by atoms with Crippen LogP contribution >= 0.6 is 11.3 Å². The van der Waals surface area contributed by atoms with E-state index in [4.69, 9.17) is 5.11 Å². The number of aromatic nitrogens is 1. The van der Waals surface area contributed by atoms with E-state index in [-0.39, 0.29) is 20.5 Å². The van der Waals surface area contributed by atoms with Gasteiger partial charge in [-0.25, -0.2) is 26.6 Å². The van der Waals surface area contributed by atoms with Gasteiger partial charge in [-0.1, -0.05) is 17.4 Å². The summed E-state index contributed by atoms with van der Waals surface area (Å²) in [4.78, 5) is 15.3. The predicted molar refractivity (Wildman–Crippen MR) is 102 cm³/mol. The summed E-state index contributed by atoms with van der Waals surface area (Å²) in [6.45, 7) is 1.57. The van der Waals surface area contributed by atoms with Crippen molar-refractivity contribution >= 4 is 52.5 Å². The highest BCUT2D eigenvalue weighted by Crippen LogP contribution is 2.30. The fourth-order valence-electron chi connectivity index (χ4n) is 2.35. The summed E-state index contributed by atoms with van der Waals surface area (Å²) >= 11 is 0.981.